The van der Waals surface area contributed by atoms with Gasteiger partial charge in [0, 0.05) is 24.2 Å². The molecule has 94 valence electrons. The van der Waals surface area contributed by atoms with Crippen molar-refractivity contribution in [3.05, 3.63) is 30.3 Å². The predicted octanol–water partition coefficient (Wildman–Crippen LogP) is 3.05. The molecule has 0 spiro atoms. The molecule has 2 heterocycles. The zero-order valence-corrected chi connectivity index (χ0v) is 10.8. The highest BCUT2D eigenvalue weighted by Crippen LogP contribution is 2.26. The van der Waals surface area contributed by atoms with Crippen LogP contribution in [0.2, 0.25) is 0 Å². The van der Waals surface area contributed by atoms with Gasteiger partial charge in [-0.05, 0) is 42.7 Å². The van der Waals surface area contributed by atoms with Gasteiger partial charge in [-0.2, -0.15) is 0 Å². The molecule has 0 bridgehead atoms. The Labute approximate surface area is 108 Å². The van der Waals surface area contributed by atoms with E-state index in [4.69, 9.17) is 10.7 Å². The van der Waals surface area contributed by atoms with Crippen molar-refractivity contribution in [2.24, 2.45) is 5.92 Å². The van der Waals surface area contributed by atoms with Crippen molar-refractivity contribution in [3.8, 4) is 0 Å². The first-order valence-electron chi connectivity index (χ1n) is 6.67. The van der Waals surface area contributed by atoms with Gasteiger partial charge in [-0.1, -0.05) is 13.3 Å². The van der Waals surface area contributed by atoms with Crippen LogP contribution in [-0.4, -0.2) is 18.1 Å². The molecule has 0 aliphatic carbocycles. The van der Waals surface area contributed by atoms with Crippen molar-refractivity contribution in [1.82, 2.24) is 4.98 Å². The lowest BCUT2D eigenvalue weighted by Crippen LogP contribution is -2.20. The van der Waals surface area contributed by atoms with Crippen LogP contribution in [-0.2, 0) is 0 Å². The number of nitrogens with zero attached hydrogens (tertiary/aromatic N) is 2. The third-order valence-electron chi connectivity index (χ3n) is 3.89. The van der Waals surface area contributed by atoms with Crippen molar-refractivity contribution >= 4 is 22.4 Å². The predicted molar refractivity (Wildman–Crippen MR) is 76.8 cm³/mol. The Hall–Kier alpha value is -1.77. The highest BCUT2D eigenvalue weighted by Gasteiger charge is 2.21. The molecule has 3 nitrogen and oxygen atoms in total. The van der Waals surface area contributed by atoms with Gasteiger partial charge in [-0.15, -0.1) is 0 Å². The van der Waals surface area contributed by atoms with Gasteiger partial charge in [-0.25, -0.2) is 4.98 Å². The monoisotopic (exact) mass is 241 g/mol. The Bertz CT molecular complexity index is 565. The number of benzene rings is 1. The van der Waals surface area contributed by atoms with Gasteiger partial charge in [0.25, 0.3) is 0 Å². The van der Waals surface area contributed by atoms with E-state index in [1.165, 1.54) is 12.8 Å². The van der Waals surface area contributed by atoms with E-state index in [2.05, 4.69) is 24.0 Å². The van der Waals surface area contributed by atoms with E-state index < -0.39 is 0 Å². The molecule has 1 atom stereocenters. The van der Waals surface area contributed by atoms with Gasteiger partial charge >= 0.3 is 0 Å². The molecule has 1 aromatic carbocycles. The van der Waals surface area contributed by atoms with Crippen LogP contribution >= 0.6 is 0 Å². The summed E-state index contributed by atoms with van der Waals surface area (Å²) < 4.78 is 0. The molecular weight excluding hydrogens is 222 g/mol. The van der Waals surface area contributed by atoms with Gasteiger partial charge in [0.1, 0.15) is 5.82 Å². The minimum Gasteiger partial charge on any atom is -0.399 e. The summed E-state index contributed by atoms with van der Waals surface area (Å²) in [6.45, 7) is 4.54. The zero-order valence-electron chi connectivity index (χ0n) is 10.8. The van der Waals surface area contributed by atoms with Gasteiger partial charge in [0.15, 0.2) is 0 Å². The topological polar surface area (TPSA) is 42.1 Å². The number of rotatable bonds is 2. The van der Waals surface area contributed by atoms with Gasteiger partial charge in [0.05, 0.1) is 5.52 Å². The molecule has 3 heteroatoms. The van der Waals surface area contributed by atoms with Crippen LogP contribution in [0.1, 0.15) is 19.8 Å². The minimum atomic E-state index is 0.796. The van der Waals surface area contributed by atoms with Gasteiger partial charge in [0.2, 0.25) is 0 Å². The van der Waals surface area contributed by atoms with E-state index in [0.717, 1.165) is 41.4 Å². The SMILES string of the molecule is CCC1CCN(c2ccc3cc(N)ccc3n2)C1. The summed E-state index contributed by atoms with van der Waals surface area (Å²) in [6, 6.07) is 10.1. The van der Waals surface area contributed by atoms with Crippen molar-refractivity contribution in [2.75, 3.05) is 23.7 Å². The van der Waals surface area contributed by atoms with Gasteiger partial charge in [-0.3, -0.25) is 0 Å². The summed E-state index contributed by atoms with van der Waals surface area (Å²) in [5.74, 6) is 1.93. The van der Waals surface area contributed by atoms with E-state index in [1.807, 2.05) is 18.2 Å². The molecule has 2 aromatic rings. The molecule has 2 N–H and O–H groups in total. The second-order valence-electron chi connectivity index (χ2n) is 5.13. The Balaban J connectivity index is 1.92. The maximum Gasteiger partial charge on any atom is 0.129 e. The van der Waals surface area contributed by atoms with E-state index in [-0.39, 0.29) is 0 Å². The summed E-state index contributed by atoms with van der Waals surface area (Å²) in [6.07, 6.45) is 2.55. The number of fused-ring (bicyclic) bond motifs is 1. The summed E-state index contributed by atoms with van der Waals surface area (Å²) in [5.41, 5.74) is 7.61. The van der Waals surface area contributed by atoms with E-state index in [1.54, 1.807) is 0 Å². The average Bonchev–Trinajstić information content (AvgIpc) is 2.87. The van der Waals surface area contributed by atoms with Crippen molar-refractivity contribution in [3.63, 3.8) is 0 Å². The van der Waals surface area contributed by atoms with Crippen LogP contribution in [0.25, 0.3) is 10.9 Å². The molecule has 0 saturated carbocycles. The summed E-state index contributed by atoms with van der Waals surface area (Å²) >= 11 is 0. The minimum absolute atomic E-state index is 0.796. The molecule has 1 unspecified atom stereocenters. The number of nitrogens with two attached hydrogens (primary N) is 1. The van der Waals surface area contributed by atoms with Crippen molar-refractivity contribution < 1.29 is 0 Å². The molecule has 0 amide bonds. The summed E-state index contributed by atoms with van der Waals surface area (Å²) in [4.78, 5) is 7.13. The third kappa shape index (κ3) is 2.01. The quantitative estimate of drug-likeness (QED) is 0.822. The maximum absolute atomic E-state index is 5.78. The second-order valence-corrected chi connectivity index (χ2v) is 5.13. The Morgan fingerprint density at radius 1 is 1.33 bits per heavy atom. The van der Waals surface area contributed by atoms with E-state index in [0.29, 0.717) is 0 Å². The largest absolute Gasteiger partial charge is 0.399 e. The molecular formula is C15H19N3. The fraction of sp³-hybridized carbons (Fsp3) is 0.400. The molecule has 1 aliphatic heterocycles. The fourth-order valence-electron chi connectivity index (χ4n) is 2.68. The lowest BCUT2D eigenvalue weighted by atomic mass is 10.1. The normalized spacial score (nSPS) is 19.6. The molecule has 0 radical (unpaired) electrons. The number of hydrogen-bond acceptors (Lipinski definition) is 3. The number of pyridine rings is 1. The smallest absolute Gasteiger partial charge is 0.129 e. The molecule has 1 saturated heterocycles. The van der Waals surface area contributed by atoms with Crippen molar-refractivity contribution in [1.29, 1.82) is 0 Å². The van der Waals surface area contributed by atoms with Crippen LogP contribution in [0.3, 0.4) is 0 Å². The lowest BCUT2D eigenvalue weighted by Gasteiger charge is -2.17. The number of anilines is 2. The van der Waals surface area contributed by atoms with Crippen LogP contribution in [0.5, 0.6) is 0 Å². The first-order valence-corrected chi connectivity index (χ1v) is 6.67. The molecule has 1 fully saturated rings. The van der Waals surface area contributed by atoms with Gasteiger partial charge < -0.3 is 10.6 Å². The van der Waals surface area contributed by atoms with Crippen molar-refractivity contribution in [2.45, 2.75) is 19.8 Å². The van der Waals surface area contributed by atoms with E-state index >= 15 is 0 Å². The Kier molecular flexibility index (Phi) is 2.82. The molecule has 1 aliphatic rings. The number of aromatic nitrogens is 1. The fourth-order valence-corrected chi connectivity index (χ4v) is 2.68. The van der Waals surface area contributed by atoms with Crippen LogP contribution in [0.15, 0.2) is 30.3 Å². The van der Waals surface area contributed by atoms with Crippen LogP contribution < -0.4 is 10.6 Å². The first-order chi connectivity index (χ1) is 8.76. The van der Waals surface area contributed by atoms with Crippen LogP contribution in [0, 0.1) is 5.92 Å². The molecule has 18 heavy (non-hydrogen) atoms. The Morgan fingerprint density at radius 2 is 2.22 bits per heavy atom. The first kappa shape index (κ1) is 11.3. The maximum atomic E-state index is 5.78. The summed E-state index contributed by atoms with van der Waals surface area (Å²) in [5, 5.41) is 1.12. The zero-order chi connectivity index (χ0) is 12.5. The van der Waals surface area contributed by atoms with E-state index in [9.17, 15) is 0 Å². The lowest BCUT2D eigenvalue weighted by molar-refractivity contribution is 0.569. The summed E-state index contributed by atoms with van der Waals surface area (Å²) in [7, 11) is 0. The Morgan fingerprint density at radius 3 is 3.00 bits per heavy atom. The average molecular weight is 241 g/mol. The third-order valence-corrected chi connectivity index (χ3v) is 3.89. The van der Waals surface area contributed by atoms with Crippen LogP contribution in [0.4, 0.5) is 11.5 Å². The highest BCUT2D eigenvalue weighted by molar-refractivity contribution is 5.83. The number of nitrogen functional groups attached to an aromatic ring is 1. The second kappa shape index (κ2) is 4.48. The number of hydrogen-bond donors (Lipinski definition) is 1. The standard InChI is InChI=1S/C15H19N3/c1-2-11-7-8-18(10-11)15-6-3-12-9-13(16)4-5-14(12)17-15/h3-6,9,11H,2,7-8,10,16H2,1H3. The molecule has 1 aromatic heterocycles. The highest BCUT2D eigenvalue weighted by atomic mass is 15.2. The molecule has 3 rings (SSSR count).